The Kier molecular flexibility index (Phi) is 2.42. The van der Waals surface area contributed by atoms with E-state index in [1.807, 2.05) is 17.8 Å². The Morgan fingerprint density at radius 1 is 1.36 bits per heavy atom. The van der Waals surface area contributed by atoms with Gasteiger partial charge in [0.25, 0.3) is 0 Å². The predicted octanol–water partition coefficient (Wildman–Crippen LogP) is 2.67. The Morgan fingerprint density at radius 2 is 2.14 bits per heavy atom. The van der Waals surface area contributed by atoms with E-state index in [2.05, 4.69) is 17.0 Å². The molecule has 2 aromatic rings. The van der Waals surface area contributed by atoms with Gasteiger partial charge in [0.1, 0.15) is 0 Å². The van der Waals surface area contributed by atoms with E-state index >= 15 is 0 Å². The van der Waals surface area contributed by atoms with Crippen LogP contribution in [0.15, 0.2) is 12.4 Å². The maximum Gasteiger partial charge on any atom is 0.159 e. The van der Waals surface area contributed by atoms with Gasteiger partial charge in [0, 0.05) is 12.7 Å². The number of hydrogen-bond donors (Lipinski definition) is 0. The van der Waals surface area contributed by atoms with Gasteiger partial charge in [-0.1, -0.05) is 18.5 Å². The quantitative estimate of drug-likeness (QED) is 0.762. The predicted molar refractivity (Wildman–Crippen MR) is 57.6 cm³/mol. The van der Waals surface area contributed by atoms with Crippen molar-refractivity contribution in [1.82, 2.24) is 14.8 Å². The van der Waals surface area contributed by atoms with Gasteiger partial charge < -0.3 is 0 Å². The number of hydrogen-bond acceptors (Lipinski definition) is 2. The average molecular weight is 210 g/mol. The topological polar surface area (TPSA) is 30.7 Å². The fourth-order valence-electron chi connectivity index (χ4n) is 1.52. The van der Waals surface area contributed by atoms with E-state index in [4.69, 9.17) is 11.6 Å². The van der Waals surface area contributed by atoms with E-state index < -0.39 is 0 Å². The van der Waals surface area contributed by atoms with Crippen molar-refractivity contribution in [3.63, 3.8) is 0 Å². The van der Waals surface area contributed by atoms with Crippen molar-refractivity contribution in [2.45, 2.75) is 26.8 Å². The molecule has 0 N–H and O–H groups in total. The molecule has 0 spiro atoms. The Balaban J connectivity index is 2.72. The van der Waals surface area contributed by atoms with E-state index in [-0.39, 0.29) is 0 Å². The standard InChI is InChI=1S/C10H12ClN3/c1-3-7-5-12-10-8(9(7)11)6-13-14(10)4-2/h5-6H,3-4H2,1-2H3. The van der Waals surface area contributed by atoms with E-state index in [0.29, 0.717) is 0 Å². The second-order valence-corrected chi connectivity index (χ2v) is 3.53. The molecular formula is C10H12ClN3. The Hall–Kier alpha value is -1.09. The van der Waals surface area contributed by atoms with Crippen molar-refractivity contribution in [2.24, 2.45) is 0 Å². The number of pyridine rings is 1. The van der Waals surface area contributed by atoms with Gasteiger partial charge in [-0.15, -0.1) is 0 Å². The van der Waals surface area contributed by atoms with Crippen LogP contribution in [0.4, 0.5) is 0 Å². The van der Waals surface area contributed by atoms with Crippen LogP contribution in [0.3, 0.4) is 0 Å². The van der Waals surface area contributed by atoms with Crippen LogP contribution in [-0.4, -0.2) is 14.8 Å². The molecular weight excluding hydrogens is 198 g/mol. The lowest BCUT2D eigenvalue weighted by atomic mass is 10.2. The van der Waals surface area contributed by atoms with Crippen molar-refractivity contribution in [2.75, 3.05) is 0 Å². The zero-order valence-electron chi connectivity index (χ0n) is 8.29. The summed E-state index contributed by atoms with van der Waals surface area (Å²) in [5.74, 6) is 0. The first-order valence-electron chi connectivity index (χ1n) is 4.76. The van der Waals surface area contributed by atoms with Gasteiger partial charge in [0.05, 0.1) is 16.6 Å². The summed E-state index contributed by atoms with van der Waals surface area (Å²) in [4.78, 5) is 4.36. The fraction of sp³-hybridized carbons (Fsp3) is 0.400. The summed E-state index contributed by atoms with van der Waals surface area (Å²) in [7, 11) is 0. The second-order valence-electron chi connectivity index (χ2n) is 3.15. The molecule has 2 aromatic heterocycles. The zero-order chi connectivity index (χ0) is 10.1. The maximum absolute atomic E-state index is 6.22. The second kappa shape index (κ2) is 3.58. The first kappa shape index (κ1) is 9.46. The molecule has 0 saturated carbocycles. The Bertz CT molecular complexity index is 462. The lowest BCUT2D eigenvalue weighted by Crippen LogP contribution is -1.97. The van der Waals surface area contributed by atoms with Gasteiger partial charge >= 0.3 is 0 Å². The molecule has 2 heterocycles. The molecule has 2 rings (SSSR count). The summed E-state index contributed by atoms with van der Waals surface area (Å²) < 4.78 is 1.85. The highest BCUT2D eigenvalue weighted by Gasteiger charge is 2.09. The monoisotopic (exact) mass is 209 g/mol. The molecule has 4 heteroatoms. The molecule has 0 aliphatic carbocycles. The third-order valence-corrected chi connectivity index (χ3v) is 2.80. The molecule has 0 amide bonds. The molecule has 0 fully saturated rings. The highest BCUT2D eigenvalue weighted by molar-refractivity contribution is 6.35. The summed E-state index contributed by atoms with van der Waals surface area (Å²) >= 11 is 6.22. The Morgan fingerprint density at radius 3 is 2.79 bits per heavy atom. The molecule has 74 valence electrons. The minimum atomic E-state index is 0.789. The Labute approximate surface area is 87.7 Å². The van der Waals surface area contributed by atoms with Gasteiger partial charge in [-0.05, 0) is 18.9 Å². The number of fused-ring (bicyclic) bond motifs is 1. The van der Waals surface area contributed by atoms with Crippen LogP contribution in [0.5, 0.6) is 0 Å². The molecule has 0 atom stereocenters. The van der Waals surface area contributed by atoms with Gasteiger partial charge in [-0.3, -0.25) is 0 Å². The van der Waals surface area contributed by atoms with Crippen molar-refractivity contribution in [1.29, 1.82) is 0 Å². The lowest BCUT2D eigenvalue weighted by molar-refractivity contribution is 0.676. The van der Waals surface area contributed by atoms with Crippen molar-refractivity contribution >= 4 is 22.6 Å². The van der Waals surface area contributed by atoms with Crippen LogP contribution < -0.4 is 0 Å². The molecule has 3 nitrogen and oxygen atoms in total. The maximum atomic E-state index is 6.22. The fourth-order valence-corrected chi connectivity index (χ4v) is 1.83. The van der Waals surface area contributed by atoms with Crippen LogP contribution >= 0.6 is 11.6 Å². The molecule has 0 unspecified atom stereocenters. The minimum Gasteiger partial charge on any atom is -0.248 e. The van der Waals surface area contributed by atoms with Gasteiger partial charge in [0.15, 0.2) is 5.65 Å². The van der Waals surface area contributed by atoms with Crippen LogP contribution in [-0.2, 0) is 13.0 Å². The van der Waals surface area contributed by atoms with Crippen LogP contribution in [0.2, 0.25) is 5.02 Å². The van der Waals surface area contributed by atoms with E-state index in [1.165, 1.54) is 0 Å². The number of aromatic nitrogens is 3. The van der Waals surface area contributed by atoms with Crippen molar-refractivity contribution < 1.29 is 0 Å². The third kappa shape index (κ3) is 1.28. The van der Waals surface area contributed by atoms with Crippen molar-refractivity contribution in [3.05, 3.63) is 23.0 Å². The molecule has 0 aromatic carbocycles. The summed E-state index contributed by atoms with van der Waals surface area (Å²) in [6.45, 7) is 4.92. The summed E-state index contributed by atoms with van der Waals surface area (Å²) in [6, 6.07) is 0. The van der Waals surface area contributed by atoms with Crippen LogP contribution in [0.25, 0.3) is 11.0 Å². The SMILES string of the molecule is CCc1cnc2c(cnn2CC)c1Cl. The zero-order valence-corrected chi connectivity index (χ0v) is 9.04. The molecule has 0 aliphatic heterocycles. The summed E-state index contributed by atoms with van der Waals surface area (Å²) in [5.41, 5.74) is 1.95. The minimum absolute atomic E-state index is 0.789. The number of aryl methyl sites for hydroxylation is 2. The molecule has 0 bridgehead atoms. The summed E-state index contributed by atoms with van der Waals surface area (Å²) in [6.07, 6.45) is 4.52. The molecule has 0 saturated heterocycles. The number of halogens is 1. The molecule has 0 radical (unpaired) electrons. The first-order chi connectivity index (χ1) is 6.77. The largest absolute Gasteiger partial charge is 0.248 e. The normalized spacial score (nSPS) is 11.1. The lowest BCUT2D eigenvalue weighted by Gasteiger charge is -2.02. The summed E-state index contributed by atoms with van der Waals surface area (Å²) in [5, 5.41) is 5.96. The molecule has 14 heavy (non-hydrogen) atoms. The smallest absolute Gasteiger partial charge is 0.159 e. The third-order valence-electron chi connectivity index (χ3n) is 2.35. The van der Waals surface area contributed by atoms with Crippen molar-refractivity contribution in [3.8, 4) is 0 Å². The van der Waals surface area contributed by atoms with Crippen LogP contribution in [0.1, 0.15) is 19.4 Å². The van der Waals surface area contributed by atoms with Gasteiger partial charge in [-0.25, -0.2) is 9.67 Å². The van der Waals surface area contributed by atoms with E-state index in [1.54, 1.807) is 6.20 Å². The van der Waals surface area contributed by atoms with E-state index in [9.17, 15) is 0 Å². The van der Waals surface area contributed by atoms with Gasteiger partial charge in [0.2, 0.25) is 0 Å². The highest BCUT2D eigenvalue weighted by atomic mass is 35.5. The number of nitrogens with zero attached hydrogens (tertiary/aromatic N) is 3. The number of rotatable bonds is 2. The van der Waals surface area contributed by atoms with E-state index in [0.717, 1.165) is 34.6 Å². The first-order valence-corrected chi connectivity index (χ1v) is 5.14. The highest BCUT2D eigenvalue weighted by Crippen LogP contribution is 2.25. The average Bonchev–Trinajstić information content (AvgIpc) is 2.62. The van der Waals surface area contributed by atoms with Crippen LogP contribution in [0, 0.1) is 0 Å². The molecule has 0 aliphatic rings. The van der Waals surface area contributed by atoms with Gasteiger partial charge in [-0.2, -0.15) is 5.10 Å².